The summed E-state index contributed by atoms with van der Waals surface area (Å²) in [5, 5.41) is 0. The number of carbonyl (C=O) groups is 1. The van der Waals surface area contributed by atoms with Crippen molar-refractivity contribution in [2.45, 2.75) is 19.1 Å². The first-order valence-corrected chi connectivity index (χ1v) is 7.20. The lowest BCUT2D eigenvalue weighted by Gasteiger charge is -2.24. The Morgan fingerprint density at radius 2 is 2.00 bits per heavy atom. The van der Waals surface area contributed by atoms with Crippen molar-refractivity contribution in [3.05, 3.63) is 35.1 Å². The molecular weight excluding hydrogens is 294 g/mol. The van der Waals surface area contributed by atoms with Crippen LogP contribution in [0.15, 0.2) is 18.2 Å². The Morgan fingerprint density at radius 1 is 1.40 bits per heavy atom. The topological polar surface area (TPSA) is 20.3 Å². The van der Waals surface area contributed by atoms with Crippen LogP contribution in [0.25, 0.3) is 0 Å². The number of nitrogens with zero attached hydrogens (tertiary/aromatic N) is 1. The SMILES string of the molecule is CSCC(C)N(C)C(=O)c1cc(C(F)(F)F)ccc1F. The maximum Gasteiger partial charge on any atom is 0.416 e. The smallest absolute Gasteiger partial charge is 0.338 e. The van der Waals surface area contributed by atoms with E-state index >= 15 is 0 Å². The van der Waals surface area contributed by atoms with Crippen LogP contribution in [0.5, 0.6) is 0 Å². The zero-order valence-electron chi connectivity index (χ0n) is 11.3. The highest BCUT2D eigenvalue weighted by Gasteiger charge is 2.32. The molecule has 112 valence electrons. The van der Waals surface area contributed by atoms with Gasteiger partial charge >= 0.3 is 6.18 Å². The van der Waals surface area contributed by atoms with Crippen LogP contribution in [0, 0.1) is 5.82 Å². The zero-order chi connectivity index (χ0) is 15.5. The van der Waals surface area contributed by atoms with Gasteiger partial charge in [-0.05, 0) is 31.4 Å². The molecule has 1 rings (SSSR count). The summed E-state index contributed by atoms with van der Waals surface area (Å²) in [6.45, 7) is 1.75. The fourth-order valence-electron chi connectivity index (χ4n) is 1.61. The summed E-state index contributed by atoms with van der Waals surface area (Å²) in [5.74, 6) is -1.09. The van der Waals surface area contributed by atoms with E-state index < -0.39 is 29.0 Å². The fourth-order valence-corrected chi connectivity index (χ4v) is 2.31. The molecule has 0 saturated heterocycles. The highest BCUT2D eigenvalue weighted by molar-refractivity contribution is 7.98. The molecule has 0 radical (unpaired) electrons. The molecule has 7 heteroatoms. The molecule has 0 aliphatic carbocycles. The van der Waals surface area contributed by atoms with Crippen molar-refractivity contribution in [2.24, 2.45) is 0 Å². The average Bonchev–Trinajstić information content (AvgIpc) is 2.36. The van der Waals surface area contributed by atoms with Crippen LogP contribution in [-0.4, -0.2) is 35.9 Å². The fraction of sp³-hybridized carbons (Fsp3) is 0.462. The highest BCUT2D eigenvalue weighted by Crippen LogP contribution is 2.30. The first kappa shape index (κ1) is 16.8. The van der Waals surface area contributed by atoms with Gasteiger partial charge in [0.05, 0.1) is 11.1 Å². The van der Waals surface area contributed by atoms with E-state index in [1.807, 2.05) is 6.26 Å². The summed E-state index contributed by atoms with van der Waals surface area (Å²) in [6.07, 6.45) is -2.76. The van der Waals surface area contributed by atoms with Gasteiger partial charge < -0.3 is 4.90 Å². The Kier molecular flexibility index (Phi) is 5.44. The van der Waals surface area contributed by atoms with Crippen molar-refractivity contribution in [2.75, 3.05) is 19.1 Å². The molecule has 0 aliphatic rings. The third kappa shape index (κ3) is 3.88. The number of benzene rings is 1. The lowest BCUT2D eigenvalue weighted by Crippen LogP contribution is -2.37. The number of carbonyl (C=O) groups excluding carboxylic acids is 1. The summed E-state index contributed by atoms with van der Waals surface area (Å²) >= 11 is 1.49. The van der Waals surface area contributed by atoms with E-state index in [9.17, 15) is 22.4 Å². The molecule has 0 aliphatic heterocycles. The van der Waals surface area contributed by atoms with Crippen LogP contribution < -0.4 is 0 Å². The molecule has 0 spiro atoms. The van der Waals surface area contributed by atoms with Crippen LogP contribution in [0.2, 0.25) is 0 Å². The normalized spacial score (nSPS) is 13.2. The largest absolute Gasteiger partial charge is 0.416 e. The van der Waals surface area contributed by atoms with Crippen LogP contribution in [0.1, 0.15) is 22.8 Å². The van der Waals surface area contributed by atoms with E-state index in [1.54, 1.807) is 6.92 Å². The Hall–Kier alpha value is -1.24. The molecule has 1 amide bonds. The average molecular weight is 309 g/mol. The lowest BCUT2D eigenvalue weighted by molar-refractivity contribution is -0.137. The second kappa shape index (κ2) is 6.47. The van der Waals surface area contributed by atoms with Gasteiger partial charge in [0.15, 0.2) is 0 Å². The predicted octanol–water partition coefficient (Wildman–Crippen LogP) is 3.67. The number of rotatable bonds is 4. The predicted molar refractivity (Wildman–Crippen MR) is 71.3 cm³/mol. The van der Waals surface area contributed by atoms with Gasteiger partial charge in [-0.1, -0.05) is 0 Å². The summed E-state index contributed by atoms with van der Waals surface area (Å²) in [6, 6.07) is 1.65. The van der Waals surface area contributed by atoms with E-state index in [4.69, 9.17) is 0 Å². The molecule has 0 bridgehead atoms. The second-order valence-electron chi connectivity index (χ2n) is 4.41. The third-order valence-electron chi connectivity index (χ3n) is 2.91. The van der Waals surface area contributed by atoms with Gasteiger partial charge in [-0.2, -0.15) is 24.9 Å². The minimum absolute atomic E-state index is 0.202. The molecule has 0 N–H and O–H groups in total. The Bertz CT molecular complexity index is 490. The van der Waals surface area contributed by atoms with E-state index in [0.29, 0.717) is 24.0 Å². The van der Waals surface area contributed by atoms with Crippen molar-refractivity contribution >= 4 is 17.7 Å². The zero-order valence-corrected chi connectivity index (χ0v) is 12.1. The molecule has 0 saturated carbocycles. The Morgan fingerprint density at radius 3 is 2.50 bits per heavy atom. The second-order valence-corrected chi connectivity index (χ2v) is 5.32. The van der Waals surface area contributed by atoms with Crippen LogP contribution in [0.3, 0.4) is 0 Å². The van der Waals surface area contributed by atoms with Gasteiger partial charge in [0.25, 0.3) is 5.91 Å². The minimum Gasteiger partial charge on any atom is -0.338 e. The standard InChI is InChI=1S/C13H15F4NOS/c1-8(7-20-3)18(2)12(19)10-6-9(13(15,16)17)4-5-11(10)14/h4-6,8H,7H2,1-3H3. The highest BCUT2D eigenvalue weighted by atomic mass is 32.2. The molecule has 1 aromatic rings. The molecule has 0 heterocycles. The van der Waals surface area contributed by atoms with Crippen molar-refractivity contribution in [3.63, 3.8) is 0 Å². The van der Waals surface area contributed by atoms with Gasteiger partial charge in [-0.15, -0.1) is 0 Å². The maximum atomic E-state index is 13.6. The van der Waals surface area contributed by atoms with Crippen molar-refractivity contribution in [1.29, 1.82) is 0 Å². The molecule has 20 heavy (non-hydrogen) atoms. The van der Waals surface area contributed by atoms with Crippen LogP contribution >= 0.6 is 11.8 Å². The Labute approximate surface area is 119 Å². The number of halogens is 4. The van der Waals surface area contributed by atoms with Crippen LogP contribution in [0.4, 0.5) is 17.6 Å². The quantitative estimate of drug-likeness (QED) is 0.791. The molecule has 1 unspecified atom stereocenters. The molecule has 2 nitrogen and oxygen atoms in total. The van der Waals surface area contributed by atoms with E-state index in [2.05, 4.69) is 0 Å². The molecular formula is C13H15F4NOS. The first-order valence-electron chi connectivity index (χ1n) is 5.81. The van der Waals surface area contributed by atoms with Gasteiger partial charge in [0, 0.05) is 18.8 Å². The number of amides is 1. The Balaban J connectivity index is 3.09. The summed E-state index contributed by atoms with van der Waals surface area (Å²) in [7, 11) is 1.45. The van der Waals surface area contributed by atoms with Gasteiger partial charge in [0.1, 0.15) is 5.82 Å². The summed E-state index contributed by atoms with van der Waals surface area (Å²) < 4.78 is 51.4. The molecule has 1 aromatic carbocycles. The van der Waals surface area contributed by atoms with E-state index in [0.717, 1.165) is 0 Å². The van der Waals surface area contributed by atoms with Gasteiger partial charge in [0.2, 0.25) is 0 Å². The molecule has 0 aromatic heterocycles. The number of hydrogen-bond acceptors (Lipinski definition) is 2. The summed E-state index contributed by atoms with van der Waals surface area (Å²) in [4.78, 5) is 13.3. The monoisotopic (exact) mass is 309 g/mol. The minimum atomic E-state index is -4.60. The van der Waals surface area contributed by atoms with Crippen molar-refractivity contribution in [1.82, 2.24) is 4.90 Å². The third-order valence-corrected chi connectivity index (χ3v) is 3.73. The van der Waals surface area contributed by atoms with E-state index in [-0.39, 0.29) is 6.04 Å². The number of alkyl halides is 3. The van der Waals surface area contributed by atoms with Gasteiger partial charge in [-0.3, -0.25) is 4.79 Å². The molecule has 0 fully saturated rings. The van der Waals surface area contributed by atoms with Crippen molar-refractivity contribution in [3.8, 4) is 0 Å². The van der Waals surface area contributed by atoms with E-state index in [1.165, 1.54) is 23.7 Å². The summed E-state index contributed by atoms with van der Waals surface area (Å²) in [5.41, 5.74) is -1.59. The maximum absolute atomic E-state index is 13.6. The first-order chi connectivity index (χ1) is 9.18. The van der Waals surface area contributed by atoms with Crippen molar-refractivity contribution < 1.29 is 22.4 Å². The van der Waals surface area contributed by atoms with Gasteiger partial charge in [-0.25, -0.2) is 4.39 Å². The number of thioether (sulfide) groups is 1. The lowest BCUT2D eigenvalue weighted by atomic mass is 10.1. The number of hydrogen-bond donors (Lipinski definition) is 0. The van der Waals surface area contributed by atoms with Crippen LogP contribution in [-0.2, 0) is 6.18 Å². The molecule has 1 atom stereocenters.